The Labute approximate surface area is 136 Å². The number of anilines is 1. The Hall–Kier alpha value is -2.81. The fourth-order valence-electron chi connectivity index (χ4n) is 2.94. The number of hydrogen-bond donors (Lipinski definition) is 2. The van der Waals surface area contributed by atoms with Gasteiger partial charge in [0, 0.05) is 17.3 Å². The van der Waals surface area contributed by atoms with Gasteiger partial charge in [-0.05, 0) is 42.2 Å². The molecule has 1 aromatic heterocycles. The van der Waals surface area contributed by atoms with E-state index >= 15 is 0 Å². The molecule has 23 heavy (non-hydrogen) atoms. The van der Waals surface area contributed by atoms with Gasteiger partial charge in [-0.1, -0.05) is 48.9 Å². The van der Waals surface area contributed by atoms with Gasteiger partial charge in [0.25, 0.3) is 0 Å². The summed E-state index contributed by atoms with van der Waals surface area (Å²) in [5, 5.41) is 9.52. The minimum Gasteiger partial charge on any atom is -0.508 e. The van der Waals surface area contributed by atoms with Crippen molar-refractivity contribution in [1.29, 1.82) is 0 Å². The normalized spacial score (nSPS) is 10.7. The quantitative estimate of drug-likeness (QED) is 0.745. The lowest BCUT2D eigenvalue weighted by Crippen LogP contribution is -2.01. The smallest absolute Gasteiger partial charge is 0.131 e. The standard InChI is InChI=1S/C20H20N2O/c1-3-17-18(15-6-4-5-13(2)11-15)12-22-20(21)19(17)14-7-9-16(23)10-8-14/h4-12,23H,3H2,1-2H3,(H2,21,22). The summed E-state index contributed by atoms with van der Waals surface area (Å²) in [6.45, 7) is 4.21. The van der Waals surface area contributed by atoms with Crippen molar-refractivity contribution in [3.63, 3.8) is 0 Å². The van der Waals surface area contributed by atoms with E-state index in [0.29, 0.717) is 5.82 Å². The molecule has 0 saturated heterocycles. The van der Waals surface area contributed by atoms with Crippen LogP contribution in [0.5, 0.6) is 5.75 Å². The Bertz CT molecular complexity index is 839. The van der Waals surface area contributed by atoms with Crippen LogP contribution in [0.25, 0.3) is 22.3 Å². The first-order valence-electron chi connectivity index (χ1n) is 7.74. The molecular formula is C20H20N2O. The van der Waals surface area contributed by atoms with Crippen LogP contribution in [0.1, 0.15) is 18.1 Å². The maximum atomic E-state index is 9.52. The Balaban J connectivity index is 2.24. The van der Waals surface area contributed by atoms with Crippen LogP contribution in [0.15, 0.2) is 54.7 Å². The molecule has 1 heterocycles. The van der Waals surface area contributed by atoms with E-state index in [4.69, 9.17) is 5.73 Å². The van der Waals surface area contributed by atoms with Gasteiger partial charge in [-0.2, -0.15) is 0 Å². The van der Waals surface area contributed by atoms with Gasteiger partial charge >= 0.3 is 0 Å². The van der Waals surface area contributed by atoms with E-state index in [1.54, 1.807) is 12.1 Å². The molecule has 3 heteroatoms. The van der Waals surface area contributed by atoms with Crippen molar-refractivity contribution < 1.29 is 5.11 Å². The minimum absolute atomic E-state index is 0.244. The molecule has 116 valence electrons. The predicted octanol–water partition coefficient (Wildman–Crippen LogP) is 4.57. The minimum atomic E-state index is 0.244. The number of nitrogens with two attached hydrogens (primary N) is 1. The third-order valence-electron chi connectivity index (χ3n) is 4.05. The van der Waals surface area contributed by atoms with Gasteiger partial charge in [0.1, 0.15) is 11.6 Å². The van der Waals surface area contributed by atoms with Crippen molar-refractivity contribution in [2.24, 2.45) is 0 Å². The van der Waals surface area contributed by atoms with Crippen LogP contribution in [0, 0.1) is 6.92 Å². The molecule has 0 radical (unpaired) electrons. The molecule has 3 nitrogen and oxygen atoms in total. The molecule has 0 aliphatic rings. The van der Waals surface area contributed by atoms with Crippen LogP contribution in [0.3, 0.4) is 0 Å². The molecule has 0 aliphatic carbocycles. The molecule has 0 aliphatic heterocycles. The topological polar surface area (TPSA) is 59.1 Å². The number of hydrogen-bond acceptors (Lipinski definition) is 3. The van der Waals surface area contributed by atoms with E-state index < -0.39 is 0 Å². The lowest BCUT2D eigenvalue weighted by atomic mass is 9.91. The summed E-state index contributed by atoms with van der Waals surface area (Å²) in [4.78, 5) is 4.41. The van der Waals surface area contributed by atoms with Crippen molar-refractivity contribution in [1.82, 2.24) is 4.98 Å². The Morgan fingerprint density at radius 2 is 1.78 bits per heavy atom. The number of aryl methyl sites for hydroxylation is 1. The second kappa shape index (κ2) is 6.13. The third kappa shape index (κ3) is 2.90. The predicted molar refractivity (Wildman–Crippen MR) is 95.3 cm³/mol. The highest BCUT2D eigenvalue weighted by Crippen LogP contribution is 2.36. The number of phenolic OH excluding ortho intramolecular Hbond substituents is 1. The fraction of sp³-hybridized carbons (Fsp3) is 0.150. The zero-order valence-electron chi connectivity index (χ0n) is 13.4. The second-order valence-corrected chi connectivity index (χ2v) is 5.68. The monoisotopic (exact) mass is 304 g/mol. The first kappa shape index (κ1) is 15.1. The maximum absolute atomic E-state index is 9.52. The Morgan fingerprint density at radius 1 is 1.04 bits per heavy atom. The number of aromatic hydroxyl groups is 1. The summed E-state index contributed by atoms with van der Waals surface area (Å²) in [6, 6.07) is 15.5. The summed E-state index contributed by atoms with van der Waals surface area (Å²) in [5.74, 6) is 0.761. The SMILES string of the molecule is CCc1c(-c2cccc(C)c2)cnc(N)c1-c1ccc(O)cc1. The highest BCUT2D eigenvalue weighted by molar-refractivity contribution is 5.84. The van der Waals surface area contributed by atoms with Gasteiger partial charge in [0.2, 0.25) is 0 Å². The highest BCUT2D eigenvalue weighted by Gasteiger charge is 2.15. The molecule has 0 atom stereocenters. The number of rotatable bonds is 3. The molecule has 0 fully saturated rings. The van der Waals surface area contributed by atoms with Gasteiger partial charge in [0.15, 0.2) is 0 Å². The molecule has 0 amide bonds. The summed E-state index contributed by atoms with van der Waals surface area (Å²) in [6.07, 6.45) is 2.71. The van der Waals surface area contributed by atoms with Crippen LogP contribution < -0.4 is 5.73 Å². The summed E-state index contributed by atoms with van der Waals surface area (Å²) < 4.78 is 0. The van der Waals surface area contributed by atoms with E-state index in [0.717, 1.165) is 28.7 Å². The van der Waals surface area contributed by atoms with E-state index in [-0.39, 0.29) is 5.75 Å². The van der Waals surface area contributed by atoms with Crippen LogP contribution in [-0.2, 0) is 6.42 Å². The highest BCUT2D eigenvalue weighted by atomic mass is 16.3. The first-order chi connectivity index (χ1) is 11.1. The van der Waals surface area contributed by atoms with Crippen molar-refractivity contribution >= 4 is 5.82 Å². The lowest BCUT2D eigenvalue weighted by molar-refractivity contribution is 0.475. The number of aromatic nitrogens is 1. The van der Waals surface area contributed by atoms with Crippen LogP contribution in [0.2, 0.25) is 0 Å². The summed E-state index contributed by atoms with van der Waals surface area (Å²) >= 11 is 0. The van der Waals surface area contributed by atoms with Crippen molar-refractivity contribution in [2.75, 3.05) is 5.73 Å². The van der Waals surface area contributed by atoms with E-state index in [2.05, 4.69) is 43.1 Å². The number of pyridine rings is 1. The van der Waals surface area contributed by atoms with Crippen LogP contribution >= 0.6 is 0 Å². The average molecular weight is 304 g/mol. The molecule has 0 saturated carbocycles. The summed E-state index contributed by atoms with van der Waals surface area (Å²) in [7, 11) is 0. The van der Waals surface area contributed by atoms with Gasteiger partial charge in [-0.3, -0.25) is 0 Å². The molecule has 0 spiro atoms. The van der Waals surface area contributed by atoms with Gasteiger partial charge in [-0.15, -0.1) is 0 Å². The van der Waals surface area contributed by atoms with E-state index in [1.165, 1.54) is 11.1 Å². The Kier molecular flexibility index (Phi) is 4.02. The molecule has 3 N–H and O–H groups in total. The fourth-order valence-corrected chi connectivity index (χ4v) is 2.94. The second-order valence-electron chi connectivity index (χ2n) is 5.68. The summed E-state index contributed by atoms with van der Waals surface area (Å²) in [5.41, 5.74) is 12.7. The van der Waals surface area contributed by atoms with Gasteiger partial charge < -0.3 is 10.8 Å². The zero-order valence-corrected chi connectivity index (χ0v) is 13.4. The van der Waals surface area contributed by atoms with Crippen molar-refractivity contribution in [3.05, 3.63) is 65.9 Å². The maximum Gasteiger partial charge on any atom is 0.131 e. The zero-order chi connectivity index (χ0) is 16.4. The molecule has 3 rings (SSSR count). The van der Waals surface area contributed by atoms with Crippen molar-refractivity contribution in [3.8, 4) is 28.0 Å². The van der Waals surface area contributed by atoms with Gasteiger partial charge in [0.05, 0.1) is 0 Å². The molecule has 0 unspecified atom stereocenters. The number of nitrogen functional groups attached to an aromatic ring is 1. The molecule has 2 aromatic carbocycles. The lowest BCUT2D eigenvalue weighted by Gasteiger charge is -2.16. The number of phenols is 1. The first-order valence-corrected chi connectivity index (χ1v) is 7.74. The number of nitrogens with zero attached hydrogens (tertiary/aromatic N) is 1. The van der Waals surface area contributed by atoms with Crippen LogP contribution in [-0.4, -0.2) is 10.1 Å². The largest absolute Gasteiger partial charge is 0.508 e. The third-order valence-corrected chi connectivity index (χ3v) is 4.05. The molecule has 0 bridgehead atoms. The van der Waals surface area contributed by atoms with E-state index in [1.807, 2.05) is 18.3 Å². The Morgan fingerprint density at radius 3 is 2.43 bits per heavy atom. The molecule has 3 aromatic rings. The number of benzene rings is 2. The molecular weight excluding hydrogens is 284 g/mol. The average Bonchev–Trinajstić information content (AvgIpc) is 2.55. The van der Waals surface area contributed by atoms with Gasteiger partial charge in [-0.25, -0.2) is 4.98 Å². The van der Waals surface area contributed by atoms with E-state index in [9.17, 15) is 5.11 Å². The van der Waals surface area contributed by atoms with Crippen LogP contribution in [0.4, 0.5) is 5.82 Å². The van der Waals surface area contributed by atoms with Crippen molar-refractivity contribution in [2.45, 2.75) is 20.3 Å².